The van der Waals surface area contributed by atoms with Gasteiger partial charge in [-0.15, -0.1) is 0 Å². The number of rotatable bonds is 6. The Labute approximate surface area is 155 Å². The number of oxazole rings is 1. The Morgan fingerprint density at radius 1 is 1.19 bits per heavy atom. The number of benzene rings is 1. The largest absolute Gasteiger partial charge is 0.446 e. The minimum atomic E-state index is -0.230. The van der Waals surface area contributed by atoms with E-state index in [1.54, 1.807) is 29.2 Å². The molecule has 26 heavy (non-hydrogen) atoms. The molecule has 136 valence electrons. The number of carbonyl (C=O) groups excluding carboxylic acids is 2. The zero-order valence-corrected chi connectivity index (χ0v) is 14.8. The molecule has 8 heteroatoms. The van der Waals surface area contributed by atoms with Crippen LogP contribution in [0.1, 0.15) is 42.1 Å². The summed E-state index contributed by atoms with van der Waals surface area (Å²) in [6, 6.07) is 7.13. The Kier molecular flexibility index (Phi) is 4.55. The molecule has 1 aromatic heterocycles. The van der Waals surface area contributed by atoms with Crippen molar-refractivity contribution in [3.05, 3.63) is 47.1 Å². The monoisotopic (exact) mass is 374 g/mol. The predicted molar refractivity (Wildman–Crippen MR) is 96.0 cm³/mol. The number of nitrogens with one attached hydrogen (secondary N) is 2. The predicted octanol–water partition coefficient (Wildman–Crippen LogP) is 3.42. The molecule has 7 nitrogen and oxygen atoms in total. The SMILES string of the molecule is O=C(NC1CC1)c1coc(CN(C(=O)Nc2ccc(Cl)cc2)C2CC2)n1. The normalized spacial score (nSPS) is 16.2. The molecule has 1 heterocycles. The lowest BCUT2D eigenvalue weighted by molar-refractivity contribution is 0.0946. The molecule has 2 aromatic rings. The molecule has 0 unspecified atom stereocenters. The van der Waals surface area contributed by atoms with E-state index in [0.717, 1.165) is 25.7 Å². The smallest absolute Gasteiger partial charge is 0.322 e. The Hall–Kier alpha value is -2.54. The van der Waals surface area contributed by atoms with Gasteiger partial charge in [0.2, 0.25) is 5.89 Å². The standard InChI is InChI=1S/C18H19ClN4O3/c19-11-1-3-13(4-2-11)21-18(25)23(14-7-8-14)9-16-22-15(10-26-16)17(24)20-12-5-6-12/h1-4,10,12,14H,5-9H2,(H,20,24)(H,21,25). The van der Waals surface area contributed by atoms with Crippen LogP contribution in [0.4, 0.5) is 10.5 Å². The van der Waals surface area contributed by atoms with Crippen molar-refractivity contribution in [2.24, 2.45) is 0 Å². The van der Waals surface area contributed by atoms with Gasteiger partial charge >= 0.3 is 6.03 Å². The van der Waals surface area contributed by atoms with Crippen LogP contribution in [-0.4, -0.2) is 33.9 Å². The van der Waals surface area contributed by atoms with Crippen LogP contribution in [-0.2, 0) is 6.54 Å². The van der Waals surface area contributed by atoms with Crippen molar-refractivity contribution in [1.82, 2.24) is 15.2 Å². The van der Waals surface area contributed by atoms with Crippen LogP contribution in [0.3, 0.4) is 0 Å². The number of amides is 3. The minimum Gasteiger partial charge on any atom is -0.446 e. The molecule has 2 aliphatic carbocycles. The van der Waals surface area contributed by atoms with E-state index in [2.05, 4.69) is 15.6 Å². The minimum absolute atomic E-state index is 0.165. The first-order valence-electron chi connectivity index (χ1n) is 8.67. The van der Waals surface area contributed by atoms with Crippen LogP contribution in [0.25, 0.3) is 0 Å². The zero-order valence-electron chi connectivity index (χ0n) is 14.1. The molecule has 1 aromatic carbocycles. The fourth-order valence-corrected chi connectivity index (χ4v) is 2.73. The van der Waals surface area contributed by atoms with Gasteiger partial charge in [0, 0.05) is 22.8 Å². The quantitative estimate of drug-likeness (QED) is 0.811. The highest BCUT2D eigenvalue weighted by atomic mass is 35.5. The van der Waals surface area contributed by atoms with Gasteiger partial charge in [-0.05, 0) is 49.9 Å². The van der Waals surface area contributed by atoms with Crippen LogP contribution >= 0.6 is 11.6 Å². The Morgan fingerprint density at radius 3 is 2.58 bits per heavy atom. The fourth-order valence-electron chi connectivity index (χ4n) is 2.60. The highest BCUT2D eigenvalue weighted by molar-refractivity contribution is 6.30. The van der Waals surface area contributed by atoms with Crippen molar-refractivity contribution in [3.8, 4) is 0 Å². The molecular weight excluding hydrogens is 356 g/mol. The average Bonchev–Trinajstić information content (AvgIpc) is 3.55. The first kappa shape index (κ1) is 16.9. The summed E-state index contributed by atoms with van der Waals surface area (Å²) in [7, 11) is 0. The second-order valence-corrected chi connectivity index (χ2v) is 7.11. The lowest BCUT2D eigenvalue weighted by Crippen LogP contribution is -2.36. The molecule has 0 bridgehead atoms. The topological polar surface area (TPSA) is 87.5 Å². The molecule has 2 fully saturated rings. The van der Waals surface area contributed by atoms with E-state index < -0.39 is 0 Å². The van der Waals surface area contributed by atoms with Gasteiger partial charge < -0.3 is 20.0 Å². The summed E-state index contributed by atoms with van der Waals surface area (Å²) < 4.78 is 5.40. The van der Waals surface area contributed by atoms with Gasteiger partial charge in [-0.1, -0.05) is 11.6 Å². The van der Waals surface area contributed by atoms with Gasteiger partial charge in [0.1, 0.15) is 6.26 Å². The second kappa shape index (κ2) is 6.99. The molecule has 2 aliphatic rings. The summed E-state index contributed by atoms with van der Waals surface area (Å²) in [4.78, 5) is 30.5. The van der Waals surface area contributed by atoms with E-state index in [4.69, 9.17) is 16.0 Å². The molecule has 0 atom stereocenters. The molecule has 2 saturated carbocycles. The number of hydrogen-bond acceptors (Lipinski definition) is 4. The van der Waals surface area contributed by atoms with E-state index in [0.29, 0.717) is 16.6 Å². The van der Waals surface area contributed by atoms with E-state index in [1.807, 2.05) is 0 Å². The van der Waals surface area contributed by atoms with Crippen molar-refractivity contribution in [2.75, 3.05) is 5.32 Å². The number of urea groups is 1. The van der Waals surface area contributed by atoms with Gasteiger partial charge in [-0.25, -0.2) is 9.78 Å². The van der Waals surface area contributed by atoms with Gasteiger partial charge in [-0.2, -0.15) is 0 Å². The van der Waals surface area contributed by atoms with E-state index in [1.165, 1.54) is 6.26 Å². The zero-order chi connectivity index (χ0) is 18.1. The third kappa shape index (κ3) is 4.16. The van der Waals surface area contributed by atoms with Crippen molar-refractivity contribution in [3.63, 3.8) is 0 Å². The van der Waals surface area contributed by atoms with E-state index in [9.17, 15) is 9.59 Å². The summed E-state index contributed by atoms with van der Waals surface area (Å²) in [5.74, 6) is 0.121. The maximum absolute atomic E-state index is 12.6. The molecule has 0 aliphatic heterocycles. The lowest BCUT2D eigenvalue weighted by atomic mass is 10.3. The summed E-state index contributed by atoms with van der Waals surface area (Å²) in [6.45, 7) is 0.223. The highest BCUT2D eigenvalue weighted by Gasteiger charge is 2.34. The van der Waals surface area contributed by atoms with Crippen LogP contribution < -0.4 is 10.6 Å². The molecule has 0 spiro atoms. The Morgan fingerprint density at radius 2 is 1.92 bits per heavy atom. The van der Waals surface area contributed by atoms with Crippen molar-refractivity contribution in [1.29, 1.82) is 0 Å². The first-order chi connectivity index (χ1) is 12.6. The van der Waals surface area contributed by atoms with Crippen molar-refractivity contribution < 1.29 is 14.0 Å². The lowest BCUT2D eigenvalue weighted by Gasteiger charge is -2.21. The van der Waals surface area contributed by atoms with Crippen LogP contribution in [0, 0.1) is 0 Å². The number of hydrogen-bond donors (Lipinski definition) is 2. The number of aromatic nitrogens is 1. The molecule has 3 amide bonds. The van der Waals surface area contributed by atoms with Gasteiger partial charge in [0.05, 0.1) is 6.54 Å². The van der Waals surface area contributed by atoms with E-state index >= 15 is 0 Å². The molecule has 4 rings (SSSR count). The number of anilines is 1. The van der Waals surface area contributed by atoms with Crippen LogP contribution in [0.15, 0.2) is 34.9 Å². The summed E-state index contributed by atoms with van der Waals surface area (Å²) in [5, 5.41) is 6.33. The molecule has 0 radical (unpaired) electrons. The van der Waals surface area contributed by atoms with Gasteiger partial charge in [-0.3, -0.25) is 4.79 Å². The first-order valence-corrected chi connectivity index (χ1v) is 9.05. The maximum atomic E-state index is 12.6. The average molecular weight is 375 g/mol. The number of halogens is 1. The van der Waals surface area contributed by atoms with Crippen LogP contribution in [0.5, 0.6) is 0 Å². The Bertz CT molecular complexity index is 812. The van der Waals surface area contributed by atoms with Gasteiger partial charge in [0.25, 0.3) is 5.91 Å². The Balaban J connectivity index is 1.40. The fraction of sp³-hybridized carbons (Fsp3) is 0.389. The third-order valence-electron chi connectivity index (χ3n) is 4.35. The van der Waals surface area contributed by atoms with E-state index in [-0.39, 0.29) is 36.3 Å². The summed E-state index contributed by atoms with van der Waals surface area (Å²) >= 11 is 5.87. The number of carbonyl (C=O) groups is 2. The van der Waals surface area contributed by atoms with Crippen molar-refractivity contribution in [2.45, 2.75) is 44.3 Å². The highest BCUT2D eigenvalue weighted by Crippen LogP contribution is 2.29. The van der Waals surface area contributed by atoms with Crippen molar-refractivity contribution >= 4 is 29.2 Å². The van der Waals surface area contributed by atoms with Crippen LogP contribution in [0.2, 0.25) is 5.02 Å². The summed E-state index contributed by atoms with van der Waals surface area (Å²) in [6.07, 6.45) is 5.26. The molecular formula is C18H19ClN4O3. The third-order valence-corrected chi connectivity index (χ3v) is 4.60. The molecule has 0 saturated heterocycles. The molecule has 2 N–H and O–H groups in total. The summed E-state index contributed by atoms with van der Waals surface area (Å²) in [5.41, 5.74) is 0.919. The second-order valence-electron chi connectivity index (χ2n) is 6.67. The van der Waals surface area contributed by atoms with Gasteiger partial charge in [0.15, 0.2) is 5.69 Å². The number of nitrogens with zero attached hydrogens (tertiary/aromatic N) is 2. The maximum Gasteiger partial charge on any atom is 0.322 e.